The van der Waals surface area contributed by atoms with E-state index in [9.17, 15) is 0 Å². The van der Waals surface area contributed by atoms with Crippen LogP contribution in [0.5, 0.6) is 5.75 Å². The molecule has 19 heavy (non-hydrogen) atoms. The van der Waals surface area contributed by atoms with Gasteiger partial charge in [0.15, 0.2) is 0 Å². The van der Waals surface area contributed by atoms with Crippen LogP contribution in [-0.2, 0) is 11.3 Å². The van der Waals surface area contributed by atoms with Crippen molar-refractivity contribution in [2.75, 3.05) is 19.7 Å². The minimum Gasteiger partial charge on any atom is -0.494 e. The number of ether oxygens (including phenoxy) is 2. The largest absolute Gasteiger partial charge is 0.494 e. The average Bonchev–Trinajstić information content (AvgIpc) is 2.47. The highest BCUT2D eigenvalue weighted by Crippen LogP contribution is 2.29. The van der Waals surface area contributed by atoms with Gasteiger partial charge >= 0.3 is 0 Å². The molecule has 0 amide bonds. The molecule has 1 heterocycles. The van der Waals surface area contributed by atoms with E-state index < -0.39 is 0 Å². The number of methoxy groups -OCH3 is 2. The second kappa shape index (κ2) is 6.17. The summed E-state index contributed by atoms with van der Waals surface area (Å²) in [6.07, 6.45) is 0. The fourth-order valence-electron chi connectivity index (χ4n) is 1.82. The highest BCUT2D eigenvalue weighted by molar-refractivity contribution is 5.70. The Morgan fingerprint density at radius 1 is 1.21 bits per heavy atom. The lowest BCUT2D eigenvalue weighted by Gasteiger charge is -2.10. The van der Waals surface area contributed by atoms with Crippen molar-refractivity contribution in [2.45, 2.75) is 6.61 Å². The fraction of sp³-hybridized carbons (Fsp3) is 0.214. The molecule has 5 heteroatoms. The zero-order valence-electron chi connectivity index (χ0n) is 10.9. The molecule has 0 aliphatic heterocycles. The maximum Gasteiger partial charge on any atom is 0.145 e. The van der Waals surface area contributed by atoms with Crippen LogP contribution in [-0.4, -0.2) is 24.4 Å². The van der Waals surface area contributed by atoms with E-state index in [4.69, 9.17) is 14.7 Å². The lowest BCUT2D eigenvalue weighted by Crippen LogP contribution is -1.98. The van der Waals surface area contributed by atoms with E-state index in [1.165, 1.54) is 0 Å². The van der Waals surface area contributed by atoms with Gasteiger partial charge in [0.1, 0.15) is 11.4 Å². The van der Waals surface area contributed by atoms with Crippen molar-refractivity contribution in [1.29, 1.82) is 0 Å². The van der Waals surface area contributed by atoms with Gasteiger partial charge < -0.3 is 9.47 Å². The van der Waals surface area contributed by atoms with Crippen LogP contribution in [0, 0.1) is 0 Å². The van der Waals surface area contributed by atoms with Crippen molar-refractivity contribution < 1.29 is 14.7 Å². The second-order valence-corrected chi connectivity index (χ2v) is 3.98. The standard InChI is InChI=1S/C14H16N2O3/c1-18-9-12-6-7-13(19-2)14(15-12)10-4-3-5-11(8-10)16-17/h3-8,16-17H,9H2,1-2H3. The zero-order chi connectivity index (χ0) is 13.7. The van der Waals surface area contributed by atoms with Crippen LogP contribution < -0.4 is 10.2 Å². The minimum atomic E-state index is 0.439. The Labute approximate surface area is 111 Å². The Morgan fingerprint density at radius 3 is 2.74 bits per heavy atom. The molecule has 0 aliphatic rings. The predicted octanol–water partition coefficient (Wildman–Crippen LogP) is 2.70. The Kier molecular flexibility index (Phi) is 4.33. The molecule has 0 fully saturated rings. The van der Waals surface area contributed by atoms with Gasteiger partial charge in [-0.25, -0.2) is 4.98 Å². The first-order chi connectivity index (χ1) is 9.28. The third kappa shape index (κ3) is 3.01. The number of rotatable bonds is 5. The van der Waals surface area contributed by atoms with Crippen LogP contribution in [0.3, 0.4) is 0 Å². The number of hydrogen-bond acceptors (Lipinski definition) is 5. The van der Waals surface area contributed by atoms with E-state index in [0.29, 0.717) is 23.7 Å². The molecule has 0 atom stereocenters. The topological polar surface area (TPSA) is 63.6 Å². The highest BCUT2D eigenvalue weighted by atomic mass is 16.5. The maximum absolute atomic E-state index is 8.95. The molecule has 2 N–H and O–H groups in total. The number of benzene rings is 1. The molecule has 0 bridgehead atoms. The van der Waals surface area contributed by atoms with Gasteiger partial charge in [0.2, 0.25) is 0 Å². The van der Waals surface area contributed by atoms with Gasteiger partial charge in [0, 0.05) is 12.7 Å². The summed E-state index contributed by atoms with van der Waals surface area (Å²) in [7, 11) is 3.23. The Bertz CT molecular complexity index is 558. The molecule has 2 aromatic rings. The molecule has 100 valence electrons. The zero-order valence-corrected chi connectivity index (χ0v) is 10.9. The smallest absolute Gasteiger partial charge is 0.145 e. The Hall–Kier alpha value is -2.11. The van der Waals surface area contributed by atoms with E-state index >= 15 is 0 Å². The van der Waals surface area contributed by atoms with Crippen LogP contribution in [0.25, 0.3) is 11.3 Å². The highest BCUT2D eigenvalue weighted by Gasteiger charge is 2.09. The van der Waals surface area contributed by atoms with Crippen molar-refractivity contribution in [3.63, 3.8) is 0 Å². The van der Waals surface area contributed by atoms with E-state index in [-0.39, 0.29) is 0 Å². The van der Waals surface area contributed by atoms with Crippen molar-refractivity contribution in [3.8, 4) is 17.0 Å². The second-order valence-electron chi connectivity index (χ2n) is 3.98. The molecule has 0 saturated heterocycles. The summed E-state index contributed by atoms with van der Waals surface area (Å²) in [5.41, 5.74) is 5.11. The predicted molar refractivity (Wildman–Crippen MR) is 72.3 cm³/mol. The Balaban J connectivity index is 2.48. The van der Waals surface area contributed by atoms with Crippen LogP contribution in [0.2, 0.25) is 0 Å². The molecule has 0 saturated carbocycles. The lowest BCUT2D eigenvalue weighted by molar-refractivity contribution is 0.181. The Morgan fingerprint density at radius 2 is 2.05 bits per heavy atom. The molecule has 0 radical (unpaired) electrons. The third-order valence-electron chi connectivity index (χ3n) is 2.69. The van der Waals surface area contributed by atoms with E-state index in [1.807, 2.05) is 24.3 Å². The summed E-state index contributed by atoms with van der Waals surface area (Å²) in [4.78, 5) is 4.52. The van der Waals surface area contributed by atoms with Gasteiger partial charge in [-0.15, -0.1) is 0 Å². The van der Waals surface area contributed by atoms with Crippen LogP contribution >= 0.6 is 0 Å². The molecule has 0 unspecified atom stereocenters. The first kappa shape index (κ1) is 13.3. The molecule has 1 aromatic heterocycles. The summed E-state index contributed by atoms with van der Waals surface area (Å²) >= 11 is 0. The number of nitrogens with one attached hydrogen (secondary N) is 1. The van der Waals surface area contributed by atoms with Gasteiger partial charge in [-0.1, -0.05) is 12.1 Å². The molecule has 2 rings (SSSR count). The summed E-state index contributed by atoms with van der Waals surface area (Å²) in [5, 5.41) is 8.95. The van der Waals surface area contributed by atoms with E-state index in [1.54, 1.807) is 26.4 Å². The quantitative estimate of drug-likeness (QED) is 0.809. The number of anilines is 1. The van der Waals surface area contributed by atoms with Crippen LogP contribution in [0.4, 0.5) is 5.69 Å². The van der Waals surface area contributed by atoms with Gasteiger partial charge in [-0.3, -0.25) is 10.7 Å². The summed E-state index contributed by atoms with van der Waals surface area (Å²) < 4.78 is 10.4. The van der Waals surface area contributed by atoms with Crippen molar-refractivity contribution in [2.24, 2.45) is 0 Å². The number of pyridine rings is 1. The summed E-state index contributed by atoms with van der Waals surface area (Å²) in [5.74, 6) is 0.676. The third-order valence-corrected chi connectivity index (χ3v) is 2.69. The number of aromatic nitrogens is 1. The lowest BCUT2D eigenvalue weighted by atomic mass is 10.1. The van der Waals surface area contributed by atoms with Crippen LogP contribution in [0.15, 0.2) is 36.4 Å². The summed E-state index contributed by atoms with van der Waals surface area (Å²) in [6.45, 7) is 0.439. The maximum atomic E-state index is 8.95. The molecule has 1 aromatic carbocycles. The van der Waals surface area contributed by atoms with Crippen molar-refractivity contribution in [3.05, 3.63) is 42.1 Å². The molecule has 0 aliphatic carbocycles. The van der Waals surface area contributed by atoms with Crippen molar-refractivity contribution >= 4 is 5.69 Å². The first-order valence-electron chi connectivity index (χ1n) is 5.82. The van der Waals surface area contributed by atoms with E-state index in [2.05, 4.69) is 10.5 Å². The van der Waals surface area contributed by atoms with Gasteiger partial charge in [0.25, 0.3) is 0 Å². The first-order valence-corrected chi connectivity index (χ1v) is 5.82. The molecule has 0 spiro atoms. The van der Waals surface area contributed by atoms with Crippen molar-refractivity contribution in [1.82, 2.24) is 4.98 Å². The number of hydrogen-bond donors (Lipinski definition) is 2. The SMILES string of the molecule is COCc1ccc(OC)c(-c2cccc(NO)c2)n1. The monoisotopic (exact) mass is 260 g/mol. The van der Waals surface area contributed by atoms with Gasteiger partial charge in [-0.2, -0.15) is 0 Å². The van der Waals surface area contributed by atoms with Gasteiger partial charge in [-0.05, 0) is 24.3 Å². The van der Waals surface area contributed by atoms with Crippen LogP contribution in [0.1, 0.15) is 5.69 Å². The normalized spacial score (nSPS) is 10.3. The summed E-state index contributed by atoms with van der Waals surface area (Å²) in [6, 6.07) is 11.0. The van der Waals surface area contributed by atoms with Gasteiger partial charge in [0.05, 0.1) is 25.1 Å². The minimum absolute atomic E-state index is 0.439. The molecular weight excluding hydrogens is 244 g/mol. The molecule has 5 nitrogen and oxygen atoms in total. The van der Waals surface area contributed by atoms with E-state index in [0.717, 1.165) is 11.3 Å². The number of nitrogens with zero attached hydrogens (tertiary/aromatic N) is 1. The fourth-order valence-corrected chi connectivity index (χ4v) is 1.82. The molecular formula is C14H16N2O3. The average molecular weight is 260 g/mol.